The zero-order valence-corrected chi connectivity index (χ0v) is 8.52. The summed E-state index contributed by atoms with van der Waals surface area (Å²) >= 11 is 0. The Morgan fingerprint density at radius 2 is 2.21 bits per heavy atom. The van der Waals surface area contributed by atoms with Gasteiger partial charge >= 0.3 is 5.97 Å². The van der Waals surface area contributed by atoms with Crippen LogP contribution >= 0.6 is 0 Å². The number of carboxylic acid groups (broad SMARTS) is 1. The molecular weight excluding hydrogens is 208 g/mol. The highest BCUT2D eigenvalue weighted by Gasteiger charge is 2.21. The van der Waals surface area contributed by atoms with Crippen molar-refractivity contribution in [2.45, 2.75) is 12.8 Å². The van der Waals surface area contributed by atoms with Crippen LogP contribution in [-0.2, 0) is 14.8 Å². The summed E-state index contributed by atoms with van der Waals surface area (Å²) in [5, 5.41) is 8.71. The fraction of sp³-hybridized carbons (Fsp3) is 0.429. The molecule has 0 aliphatic heterocycles. The van der Waals surface area contributed by atoms with Crippen LogP contribution in [0.1, 0.15) is 18.5 Å². The fourth-order valence-electron chi connectivity index (χ4n) is 1.00. The normalized spacial score (nSPS) is 13.9. The number of rotatable bonds is 3. The number of imidazole rings is 1. The summed E-state index contributed by atoms with van der Waals surface area (Å²) in [5.74, 6) is -1.98. The Bertz CT molecular complexity index is 448. The molecule has 0 fully saturated rings. The molecule has 0 bridgehead atoms. The predicted molar refractivity (Wildman–Crippen MR) is 48.5 cm³/mol. The van der Waals surface area contributed by atoms with E-state index in [1.807, 2.05) is 0 Å². The molecule has 0 spiro atoms. The van der Waals surface area contributed by atoms with Crippen molar-refractivity contribution in [3.05, 3.63) is 18.2 Å². The van der Waals surface area contributed by atoms with Crippen LogP contribution in [0.5, 0.6) is 0 Å². The van der Waals surface area contributed by atoms with E-state index in [2.05, 4.69) is 4.98 Å². The number of carbonyl (C=O) groups is 1. The Balaban J connectivity index is 3.25. The molecule has 0 saturated heterocycles. The van der Waals surface area contributed by atoms with Crippen molar-refractivity contribution in [1.29, 1.82) is 0 Å². The minimum Gasteiger partial charge on any atom is -0.481 e. The monoisotopic (exact) mass is 218 g/mol. The molecular formula is C7H10N2O4S. The topological polar surface area (TPSA) is 89.3 Å². The SMILES string of the molecule is CC(C(=O)O)c1cncn1S(C)(=O)=O. The minimum absolute atomic E-state index is 0.153. The summed E-state index contributed by atoms with van der Waals surface area (Å²) in [7, 11) is -3.48. The molecule has 1 unspecified atom stereocenters. The van der Waals surface area contributed by atoms with E-state index in [1.165, 1.54) is 13.1 Å². The maximum Gasteiger partial charge on any atom is 0.312 e. The number of nitrogens with zero attached hydrogens (tertiary/aromatic N) is 2. The van der Waals surface area contributed by atoms with Crippen LogP contribution in [0, 0.1) is 0 Å². The molecule has 14 heavy (non-hydrogen) atoms. The van der Waals surface area contributed by atoms with Crippen molar-refractivity contribution < 1.29 is 18.3 Å². The molecule has 6 nitrogen and oxygen atoms in total. The van der Waals surface area contributed by atoms with E-state index in [0.717, 1.165) is 16.6 Å². The Morgan fingerprint density at radius 1 is 1.64 bits per heavy atom. The molecule has 1 atom stereocenters. The second kappa shape index (κ2) is 3.41. The lowest BCUT2D eigenvalue weighted by molar-refractivity contribution is -0.138. The number of hydrogen-bond acceptors (Lipinski definition) is 4. The maximum absolute atomic E-state index is 11.2. The first-order valence-electron chi connectivity index (χ1n) is 3.79. The van der Waals surface area contributed by atoms with Crippen molar-refractivity contribution in [3.8, 4) is 0 Å². The van der Waals surface area contributed by atoms with Crippen LogP contribution in [0.4, 0.5) is 0 Å². The van der Waals surface area contributed by atoms with Gasteiger partial charge in [-0.05, 0) is 6.92 Å². The summed E-state index contributed by atoms with van der Waals surface area (Å²) in [6, 6.07) is 0. The number of aliphatic carboxylic acids is 1. The van der Waals surface area contributed by atoms with E-state index in [9.17, 15) is 13.2 Å². The van der Waals surface area contributed by atoms with Gasteiger partial charge in [0, 0.05) is 0 Å². The smallest absolute Gasteiger partial charge is 0.312 e. The summed E-state index contributed by atoms with van der Waals surface area (Å²) in [4.78, 5) is 14.3. The third-order valence-corrected chi connectivity index (χ3v) is 2.82. The molecule has 1 rings (SSSR count). The summed E-state index contributed by atoms with van der Waals surface area (Å²) in [6.45, 7) is 1.40. The summed E-state index contributed by atoms with van der Waals surface area (Å²) in [6.07, 6.45) is 3.32. The van der Waals surface area contributed by atoms with Gasteiger partial charge in [0.05, 0.1) is 24.1 Å². The average Bonchev–Trinajstić information content (AvgIpc) is 2.48. The van der Waals surface area contributed by atoms with Crippen LogP contribution < -0.4 is 0 Å². The van der Waals surface area contributed by atoms with Crippen LogP contribution in [0.15, 0.2) is 12.5 Å². The molecule has 78 valence electrons. The van der Waals surface area contributed by atoms with Gasteiger partial charge in [0.1, 0.15) is 6.33 Å². The zero-order valence-electron chi connectivity index (χ0n) is 7.71. The van der Waals surface area contributed by atoms with Gasteiger partial charge in [0.2, 0.25) is 10.0 Å². The molecule has 0 saturated carbocycles. The Hall–Kier alpha value is -1.37. The molecule has 1 N–H and O–H groups in total. The van der Waals surface area contributed by atoms with Crippen LogP contribution in [0.3, 0.4) is 0 Å². The van der Waals surface area contributed by atoms with Gasteiger partial charge < -0.3 is 5.11 Å². The zero-order chi connectivity index (χ0) is 10.9. The van der Waals surface area contributed by atoms with Crippen molar-refractivity contribution in [2.24, 2.45) is 0 Å². The third-order valence-electron chi connectivity index (χ3n) is 1.80. The highest BCUT2D eigenvalue weighted by atomic mass is 32.2. The molecule has 0 amide bonds. The Morgan fingerprint density at radius 3 is 2.64 bits per heavy atom. The molecule has 1 aromatic rings. The average molecular weight is 218 g/mol. The second-order valence-corrected chi connectivity index (χ2v) is 4.80. The highest BCUT2D eigenvalue weighted by Crippen LogP contribution is 2.15. The summed E-state index contributed by atoms with van der Waals surface area (Å²) < 4.78 is 23.2. The Kier molecular flexibility index (Phi) is 2.61. The standard InChI is InChI=1S/C7H10N2O4S/c1-5(7(10)11)6-3-8-4-9(6)14(2,12)13/h3-5H,1-2H3,(H,10,11). The lowest BCUT2D eigenvalue weighted by Gasteiger charge is -2.08. The first kappa shape index (κ1) is 10.7. The van der Waals surface area contributed by atoms with Gasteiger partial charge in [0.25, 0.3) is 0 Å². The van der Waals surface area contributed by atoms with Crippen molar-refractivity contribution in [3.63, 3.8) is 0 Å². The number of aromatic nitrogens is 2. The molecule has 0 radical (unpaired) electrons. The quantitative estimate of drug-likeness (QED) is 0.763. The third kappa shape index (κ3) is 1.92. The molecule has 0 aromatic carbocycles. The van der Waals surface area contributed by atoms with Crippen LogP contribution in [0.2, 0.25) is 0 Å². The highest BCUT2D eigenvalue weighted by molar-refractivity contribution is 7.89. The largest absolute Gasteiger partial charge is 0.481 e. The minimum atomic E-state index is -3.48. The van der Waals surface area contributed by atoms with E-state index in [0.29, 0.717) is 0 Å². The van der Waals surface area contributed by atoms with Gasteiger partial charge in [-0.15, -0.1) is 0 Å². The van der Waals surface area contributed by atoms with Crippen LogP contribution in [0.25, 0.3) is 0 Å². The molecule has 7 heteroatoms. The number of carboxylic acids is 1. The molecule has 0 aliphatic rings. The van der Waals surface area contributed by atoms with Gasteiger partial charge in [-0.25, -0.2) is 17.4 Å². The van der Waals surface area contributed by atoms with Crippen LogP contribution in [-0.4, -0.2) is 34.7 Å². The van der Waals surface area contributed by atoms with E-state index >= 15 is 0 Å². The fourth-order valence-corrected chi connectivity index (χ4v) is 1.81. The molecule has 1 heterocycles. The molecule has 0 aliphatic carbocycles. The van der Waals surface area contributed by atoms with Gasteiger partial charge in [-0.2, -0.15) is 0 Å². The first-order chi connectivity index (χ1) is 6.34. The van der Waals surface area contributed by atoms with Gasteiger partial charge in [-0.3, -0.25) is 4.79 Å². The van der Waals surface area contributed by atoms with Crippen molar-refractivity contribution in [2.75, 3.05) is 6.26 Å². The van der Waals surface area contributed by atoms with E-state index in [4.69, 9.17) is 5.11 Å². The molecule has 1 aromatic heterocycles. The lowest BCUT2D eigenvalue weighted by Crippen LogP contribution is -2.17. The number of hydrogen-bond donors (Lipinski definition) is 1. The van der Waals surface area contributed by atoms with E-state index in [-0.39, 0.29) is 5.69 Å². The first-order valence-corrected chi connectivity index (χ1v) is 5.64. The lowest BCUT2D eigenvalue weighted by atomic mass is 10.1. The Labute approximate surface area is 81.2 Å². The second-order valence-electron chi connectivity index (χ2n) is 2.94. The maximum atomic E-state index is 11.2. The van der Waals surface area contributed by atoms with E-state index < -0.39 is 21.9 Å². The predicted octanol–water partition coefficient (Wildman–Crippen LogP) is -0.121. The van der Waals surface area contributed by atoms with Crippen molar-refractivity contribution >= 4 is 16.0 Å². The van der Waals surface area contributed by atoms with Gasteiger partial charge in [0.15, 0.2) is 0 Å². The van der Waals surface area contributed by atoms with Gasteiger partial charge in [-0.1, -0.05) is 0 Å². The van der Waals surface area contributed by atoms with Crippen molar-refractivity contribution in [1.82, 2.24) is 8.96 Å². The summed E-state index contributed by atoms with van der Waals surface area (Å²) in [5.41, 5.74) is 0.153. The van der Waals surface area contributed by atoms with E-state index in [1.54, 1.807) is 0 Å².